The summed E-state index contributed by atoms with van der Waals surface area (Å²) in [4.78, 5) is 2.23. The van der Waals surface area contributed by atoms with Crippen molar-refractivity contribution in [3.8, 4) is 5.75 Å². The van der Waals surface area contributed by atoms with Gasteiger partial charge in [-0.2, -0.15) is 0 Å². The van der Waals surface area contributed by atoms with Gasteiger partial charge in [0.05, 0.1) is 11.6 Å². The minimum atomic E-state index is 0.245. The molecule has 2 unspecified atom stereocenters. The van der Waals surface area contributed by atoms with Crippen LogP contribution < -0.4 is 10.5 Å². The lowest BCUT2D eigenvalue weighted by atomic mass is 9.99. The van der Waals surface area contributed by atoms with Gasteiger partial charge in [-0.05, 0) is 67.5 Å². The molecule has 0 amide bonds. The summed E-state index contributed by atoms with van der Waals surface area (Å²) in [5, 5.41) is 0. The molecule has 1 aromatic carbocycles. The molecule has 0 aromatic heterocycles. The van der Waals surface area contributed by atoms with Gasteiger partial charge in [0.25, 0.3) is 0 Å². The summed E-state index contributed by atoms with van der Waals surface area (Å²) in [5.41, 5.74) is 7.13. The average Bonchev–Trinajstić information content (AvgIpc) is 2.28. The minimum Gasteiger partial charge on any atom is -0.496 e. The van der Waals surface area contributed by atoms with E-state index in [1.165, 1.54) is 5.56 Å². The van der Waals surface area contributed by atoms with Crippen LogP contribution in [0.15, 0.2) is 22.7 Å². The van der Waals surface area contributed by atoms with Gasteiger partial charge in [-0.1, -0.05) is 6.07 Å². The SMILES string of the molecule is COc1ccc(C(CCC(C)N)N(C)C)cc1Br. The van der Waals surface area contributed by atoms with Crippen molar-refractivity contribution in [3.63, 3.8) is 0 Å². The first kappa shape index (κ1) is 15.5. The van der Waals surface area contributed by atoms with Crippen molar-refractivity contribution in [2.45, 2.75) is 31.8 Å². The zero-order valence-corrected chi connectivity index (χ0v) is 13.2. The van der Waals surface area contributed by atoms with E-state index < -0.39 is 0 Å². The monoisotopic (exact) mass is 314 g/mol. The Kier molecular flexibility index (Phi) is 6.12. The minimum absolute atomic E-state index is 0.245. The van der Waals surface area contributed by atoms with Crippen molar-refractivity contribution >= 4 is 15.9 Å². The normalized spacial score (nSPS) is 14.6. The van der Waals surface area contributed by atoms with Gasteiger partial charge in [-0.3, -0.25) is 0 Å². The van der Waals surface area contributed by atoms with Gasteiger partial charge >= 0.3 is 0 Å². The van der Waals surface area contributed by atoms with Crippen LogP contribution in [0.3, 0.4) is 0 Å². The molecule has 0 heterocycles. The molecule has 102 valence electrons. The molecule has 4 heteroatoms. The maximum Gasteiger partial charge on any atom is 0.133 e. The van der Waals surface area contributed by atoms with Crippen LogP contribution in [0.5, 0.6) is 5.75 Å². The maximum absolute atomic E-state index is 5.85. The van der Waals surface area contributed by atoms with Gasteiger partial charge in [0.1, 0.15) is 5.75 Å². The number of nitrogens with zero attached hydrogens (tertiary/aromatic N) is 1. The Balaban J connectivity index is 2.88. The summed E-state index contributed by atoms with van der Waals surface area (Å²) >= 11 is 3.54. The molecule has 18 heavy (non-hydrogen) atoms. The quantitative estimate of drug-likeness (QED) is 0.876. The van der Waals surface area contributed by atoms with Gasteiger partial charge in [-0.15, -0.1) is 0 Å². The fourth-order valence-corrected chi connectivity index (χ4v) is 2.59. The molecule has 1 aromatic rings. The number of hydrogen-bond acceptors (Lipinski definition) is 3. The molecule has 0 spiro atoms. The van der Waals surface area contributed by atoms with Gasteiger partial charge in [-0.25, -0.2) is 0 Å². The molecule has 0 saturated heterocycles. The van der Waals surface area contributed by atoms with Crippen molar-refractivity contribution in [2.75, 3.05) is 21.2 Å². The van der Waals surface area contributed by atoms with Gasteiger partial charge in [0.2, 0.25) is 0 Å². The van der Waals surface area contributed by atoms with Crippen LogP contribution in [0, 0.1) is 0 Å². The summed E-state index contributed by atoms with van der Waals surface area (Å²) in [5.74, 6) is 0.864. The second-order valence-electron chi connectivity index (χ2n) is 4.93. The van der Waals surface area contributed by atoms with Crippen molar-refractivity contribution in [1.82, 2.24) is 4.90 Å². The Morgan fingerprint density at radius 2 is 2.00 bits per heavy atom. The van der Waals surface area contributed by atoms with Crippen molar-refractivity contribution < 1.29 is 4.74 Å². The zero-order chi connectivity index (χ0) is 13.7. The van der Waals surface area contributed by atoms with E-state index in [4.69, 9.17) is 10.5 Å². The Hall–Kier alpha value is -0.580. The summed E-state index contributed by atoms with van der Waals surface area (Å²) in [7, 11) is 5.88. The van der Waals surface area contributed by atoms with Crippen molar-refractivity contribution in [1.29, 1.82) is 0 Å². The third-order valence-electron chi connectivity index (χ3n) is 3.08. The molecule has 2 N–H and O–H groups in total. The molecule has 0 fully saturated rings. The number of rotatable bonds is 6. The molecule has 3 nitrogen and oxygen atoms in total. The molecule has 0 radical (unpaired) electrons. The van der Waals surface area contributed by atoms with Gasteiger partial charge < -0.3 is 15.4 Å². The van der Waals surface area contributed by atoms with Gasteiger partial charge in [0.15, 0.2) is 0 Å². The Bertz CT molecular complexity index is 380. The lowest BCUT2D eigenvalue weighted by Crippen LogP contribution is -2.23. The lowest BCUT2D eigenvalue weighted by Gasteiger charge is -2.26. The van der Waals surface area contributed by atoms with Gasteiger partial charge in [0, 0.05) is 12.1 Å². The van der Waals surface area contributed by atoms with Crippen LogP contribution in [-0.2, 0) is 0 Å². The first-order valence-electron chi connectivity index (χ1n) is 6.21. The van der Waals surface area contributed by atoms with Crippen LogP contribution in [0.4, 0.5) is 0 Å². The zero-order valence-electron chi connectivity index (χ0n) is 11.6. The fourth-order valence-electron chi connectivity index (χ4n) is 2.03. The van der Waals surface area contributed by atoms with E-state index in [1.807, 2.05) is 6.07 Å². The van der Waals surface area contributed by atoms with E-state index >= 15 is 0 Å². The van der Waals surface area contributed by atoms with E-state index in [2.05, 4.69) is 54.0 Å². The molecule has 0 aliphatic carbocycles. The lowest BCUT2D eigenvalue weighted by molar-refractivity contribution is 0.274. The fraction of sp³-hybridized carbons (Fsp3) is 0.571. The topological polar surface area (TPSA) is 38.5 Å². The first-order valence-corrected chi connectivity index (χ1v) is 7.00. The summed E-state index contributed by atoms with van der Waals surface area (Å²) < 4.78 is 6.25. The average molecular weight is 315 g/mol. The number of benzene rings is 1. The first-order chi connectivity index (χ1) is 8.45. The predicted octanol–water partition coefficient (Wildman–Crippen LogP) is 3.19. The van der Waals surface area contributed by atoms with Crippen molar-refractivity contribution in [2.24, 2.45) is 5.73 Å². The van der Waals surface area contributed by atoms with Crippen LogP contribution in [0.1, 0.15) is 31.4 Å². The van der Waals surface area contributed by atoms with E-state index in [9.17, 15) is 0 Å². The molecule has 0 bridgehead atoms. The highest BCUT2D eigenvalue weighted by atomic mass is 79.9. The second-order valence-corrected chi connectivity index (χ2v) is 5.78. The van der Waals surface area contributed by atoms with Crippen LogP contribution in [0.2, 0.25) is 0 Å². The molecular weight excluding hydrogens is 292 g/mol. The third-order valence-corrected chi connectivity index (χ3v) is 3.70. The predicted molar refractivity (Wildman–Crippen MR) is 80.0 cm³/mol. The summed E-state index contributed by atoms with van der Waals surface area (Å²) in [6.07, 6.45) is 2.08. The molecular formula is C14H23BrN2O. The molecule has 1 rings (SSSR count). The second kappa shape index (κ2) is 7.12. The smallest absolute Gasteiger partial charge is 0.133 e. The number of hydrogen-bond donors (Lipinski definition) is 1. The largest absolute Gasteiger partial charge is 0.496 e. The van der Waals surface area contributed by atoms with E-state index in [0.717, 1.165) is 23.1 Å². The molecule has 0 saturated carbocycles. The Morgan fingerprint density at radius 3 is 2.44 bits per heavy atom. The van der Waals surface area contributed by atoms with Crippen LogP contribution in [-0.4, -0.2) is 32.1 Å². The molecule has 0 aliphatic rings. The van der Waals surface area contributed by atoms with E-state index in [1.54, 1.807) is 7.11 Å². The molecule has 2 atom stereocenters. The number of methoxy groups -OCH3 is 1. The third kappa shape index (κ3) is 4.26. The molecule has 0 aliphatic heterocycles. The van der Waals surface area contributed by atoms with E-state index in [-0.39, 0.29) is 6.04 Å². The highest BCUT2D eigenvalue weighted by Crippen LogP contribution is 2.31. The van der Waals surface area contributed by atoms with Crippen LogP contribution >= 0.6 is 15.9 Å². The Labute approximate surface area is 118 Å². The summed E-state index contributed by atoms with van der Waals surface area (Å²) in [6.45, 7) is 2.05. The van der Waals surface area contributed by atoms with Crippen LogP contribution in [0.25, 0.3) is 0 Å². The number of halogens is 1. The standard InChI is InChI=1S/C14H23BrN2O/c1-10(16)5-7-13(17(2)3)11-6-8-14(18-4)12(15)9-11/h6,8-10,13H,5,7,16H2,1-4H3. The highest BCUT2D eigenvalue weighted by Gasteiger charge is 2.16. The van der Waals surface area contributed by atoms with E-state index in [0.29, 0.717) is 6.04 Å². The maximum atomic E-state index is 5.85. The van der Waals surface area contributed by atoms with Crippen molar-refractivity contribution in [3.05, 3.63) is 28.2 Å². The number of ether oxygens (including phenoxy) is 1. The Morgan fingerprint density at radius 1 is 1.33 bits per heavy atom. The number of nitrogens with two attached hydrogens (primary N) is 1. The highest BCUT2D eigenvalue weighted by molar-refractivity contribution is 9.10. The summed E-state index contributed by atoms with van der Waals surface area (Å²) in [6, 6.07) is 6.88.